The summed E-state index contributed by atoms with van der Waals surface area (Å²) in [5, 5.41) is 0. The highest BCUT2D eigenvalue weighted by molar-refractivity contribution is 9.10. The van der Waals surface area contributed by atoms with Crippen LogP contribution in [0.1, 0.15) is 25.3 Å². The van der Waals surface area contributed by atoms with Gasteiger partial charge < -0.3 is 16.4 Å². The van der Waals surface area contributed by atoms with Crippen molar-refractivity contribution in [3.05, 3.63) is 28.2 Å². The Kier molecular flexibility index (Phi) is 6.24. The molecule has 0 heterocycles. The molecule has 0 saturated carbocycles. The minimum absolute atomic E-state index is 0.159. The lowest BCUT2D eigenvalue weighted by molar-refractivity contribution is -0.116. The van der Waals surface area contributed by atoms with Crippen molar-refractivity contribution in [1.82, 2.24) is 0 Å². The Bertz CT molecular complexity index is 479. The van der Waals surface area contributed by atoms with Crippen LogP contribution in [0.3, 0.4) is 0 Å². The average Bonchev–Trinajstić information content (AvgIpc) is 2.33. The van der Waals surface area contributed by atoms with Crippen molar-refractivity contribution in [2.45, 2.75) is 19.8 Å². The van der Waals surface area contributed by atoms with Gasteiger partial charge in [0.05, 0.1) is 6.54 Å². The highest BCUT2D eigenvalue weighted by atomic mass is 79.9. The molecule has 0 saturated heterocycles. The summed E-state index contributed by atoms with van der Waals surface area (Å²) in [6.45, 7) is 3.00. The van der Waals surface area contributed by atoms with Crippen LogP contribution < -0.4 is 16.4 Å². The van der Waals surface area contributed by atoms with E-state index in [1.807, 2.05) is 23.1 Å². The first-order valence-electron chi connectivity index (χ1n) is 6.08. The minimum atomic E-state index is -0.370. The van der Waals surface area contributed by atoms with Gasteiger partial charge in [-0.25, -0.2) is 0 Å². The summed E-state index contributed by atoms with van der Waals surface area (Å²) in [4.78, 5) is 13.5. The van der Waals surface area contributed by atoms with Crippen LogP contribution in [0.5, 0.6) is 0 Å². The molecule has 0 spiro atoms. The van der Waals surface area contributed by atoms with Crippen LogP contribution in [-0.4, -0.2) is 24.0 Å². The molecule has 0 fully saturated rings. The topological polar surface area (TPSA) is 72.3 Å². The van der Waals surface area contributed by atoms with Gasteiger partial charge >= 0.3 is 0 Å². The van der Waals surface area contributed by atoms with E-state index in [2.05, 4.69) is 22.9 Å². The van der Waals surface area contributed by atoms with Crippen molar-refractivity contribution < 1.29 is 4.79 Å². The van der Waals surface area contributed by atoms with Crippen LogP contribution in [0.4, 0.5) is 5.69 Å². The van der Waals surface area contributed by atoms with Crippen LogP contribution >= 0.6 is 28.1 Å². The van der Waals surface area contributed by atoms with Crippen LogP contribution in [0.15, 0.2) is 22.7 Å². The number of primary amides is 1. The molecule has 4 N–H and O–H groups in total. The molecule has 1 aromatic rings. The van der Waals surface area contributed by atoms with E-state index in [1.54, 1.807) is 0 Å². The maximum atomic E-state index is 11.2. The normalized spacial score (nSPS) is 10.2. The molecule has 4 nitrogen and oxygen atoms in total. The maximum absolute atomic E-state index is 11.2. The molecule has 104 valence electrons. The standard InChI is InChI=1S/C13H18BrN3OS/c1-2-3-6-17(8-12(15)18)11-7-9(14)4-5-10(11)13(16)19/h4-5,7H,2-3,6,8H2,1H3,(H2,15,18)(H2,16,19). The molecule has 0 radical (unpaired) electrons. The molecule has 1 amide bonds. The van der Waals surface area contributed by atoms with Crippen LogP contribution in [-0.2, 0) is 4.79 Å². The summed E-state index contributed by atoms with van der Waals surface area (Å²) < 4.78 is 0.911. The third-order valence-electron chi connectivity index (χ3n) is 2.69. The van der Waals surface area contributed by atoms with Crippen LogP contribution in [0, 0.1) is 0 Å². The first-order valence-corrected chi connectivity index (χ1v) is 7.28. The second-order valence-corrected chi connectivity index (χ2v) is 5.62. The molecular weight excluding hydrogens is 326 g/mol. The number of hydrogen-bond donors (Lipinski definition) is 2. The molecule has 0 unspecified atom stereocenters. The predicted molar refractivity (Wildman–Crippen MR) is 86.3 cm³/mol. The van der Waals surface area contributed by atoms with E-state index in [0.717, 1.165) is 35.1 Å². The zero-order valence-electron chi connectivity index (χ0n) is 10.9. The smallest absolute Gasteiger partial charge is 0.236 e. The van der Waals surface area contributed by atoms with Gasteiger partial charge in [-0.1, -0.05) is 41.5 Å². The maximum Gasteiger partial charge on any atom is 0.236 e. The van der Waals surface area contributed by atoms with Gasteiger partial charge in [0.15, 0.2) is 0 Å². The molecule has 1 rings (SSSR count). The number of carbonyl (C=O) groups excluding carboxylic acids is 1. The largest absolute Gasteiger partial charge is 0.389 e. The molecule has 0 aliphatic carbocycles. The quantitative estimate of drug-likeness (QED) is 0.744. The van der Waals surface area contributed by atoms with Crippen molar-refractivity contribution in [3.63, 3.8) is 0 Å². The number of hydrogen-bond acceptors (Lipinski definition) is 3. The zero-order valence-corrected chi connectivity index (χ0v) is 13.3. The average molecular weight is 344 g/mol. The first-order chi connectivity index (χ1) is 8.95. The summed E-state index contributed by atoms with van der Waals surface area (Å²) in [7, 11) is 0. The Balaban J connectivity index is 3.14. The van der Waals surface area contributed by atoms with Crippen LogP contribution in [0.25, 0.3) is 0 Å². The second-order valence-electron chi connectivity index (χ2n) is 4.27. The third-order valence-corrected chi connectivity index (χ3v) is 3.41. The molecule has 0 atom stereocenters. The summed E-state index contributed by atoms with van der Waals surface area (Å²) in [5.41, 5.74) is 12.6. The minimum Gasteiger partial charge on any atom is -0.389 e. The van der Waals surface area contributed by atoms with E-state index in [0.29, 0.717) is 4.99 Å². The van der Waals surface area contributed by atoms with Gasteiger partial charge in [-0.3, -0.25) is 4.79 Å². The van der Waals surface area contributed by atoms with Crippen molar-refractivity contribution in [2.24, 2.45) is 11.5 Å². The Morgan fingerprint density at radius 3 is 2.63 bits per heavy atom. The number of carbonyl (C=O) groups is 1. The number of nitrogens with zero attached hydrogens (tertiary/aromatic N) is 1. The van der Waals surface area contributed by atoms with Crippen molar-refractivity contribution >= 4 is 44.7 Å². The molecule has 0 aromatic heterocycles. The highest BCUT2D eigenvalue weighted by Gasteiger charge is 2.15. The summed E-state index contributed by atoms with van der Waals surface area (Å²) in [6, 6.07) is 5.63. The Hall–Kier alpha value is -1.14. The Labute approximate surface area is 127 Å². The number of halogens is 1. The van der Waals surface area contributed by atoms with E-state index in [4.69, 9.17) is 23.7 Å². The number of unbranched alkanes of at least 4 members (excludes halogenated alkanes) is 1. The zero-order chi connectivity index (χ0) is 14.4. The van der Waals surface area contributed by atoms with Crippen LogP contribution in [0.2, 0.25) is 0 Å². The van der Waals surface area contributed by atoms with Gasteiger partial charge in [-0.2, -0.15) is 0 Å². The van der Waals surface area contributed by atoms with Gasteiger partial charge in [0.1, 0.15) is 4.99 Å². The molecular formula is C13H18BrN3OS. The van der Waals surface area contributed by atoms with Crippen molar-refractivity contribution in [3.8, 4) is 0 Å². The lowest BCUT2D eigenvalue weighted by Crippen LogP contribution is -2.35. The number of amides is 1. The third kappa shape index (κ3) is 4.80. The van der Waals surface area contributed by atoms with E-state index in [1.165, 1.54) is 0 Å². The Morgan fingerprint density at radius 2 is 2.11 bits per heavy atom. The first kappa shape index (κ1) is 15.9. The van der Waals surface area contributed by atoms with Gasteiger partial charge in [0, 0.05) is 22.3 Å². The fourth-order valence-electron chi connectivity index (χ4n) is 1.80. The van der Waals surface area contributed by atoms with Gasteiger partial charge in [-0.05, 0) is 24.6 Å². The predicted octanol–water partition coefficient (Wildman–Crippen LogP) is 2.18. The summed E-state index contributed by atoms with van der Waals surface area (Å²) >= 11 is 8.48. The van der Waals surface area contributed by atoms with E-state index in [-0.39, 0.29) is 12.5 Å². The van der Waals surface area contributed by atoms with Gasteiger partial charge in [0.2, 0.25) is 5.91 Å². The van der Waals surface area contributed by atoms with E-state index >= 15 is 0 Å². The number of thiocarbonyl (C=S) groups is 1. The second kappa shape index (κ2) is 7.45. The molecule has 6 heteroatoms. The molecule has 0 aliphatic rings. The summed E-state index contributed by atoms with van der Waals surface area (Å²) in [6.07, 6.45) is 2.00. The SMILES string of the molecule is CCCCN(CC(N)=O)c1cc(Br)ccc1C(N)=S. The lowest BCUT2D eigenvalue weighted by atomic mass is 10.1. The molecule has 19 heavy (non-hydrogen) atoms. The summed E-state index contributed by atoms with van der Waals surface area (Å²) in [5.74, 6) is -0.370. The monoisotopic (exact) mass is 343 g/mol. The molecule has 0 bridgehead atoms. The van der Waals surface area contributed by atoms with Crippen molar-refractivity contribution in [2.75, 3.05) is 18.0 Å². The van der Waals surface area contributed by atoms with Gasteiger partial charge in [0.25, 0.3) is 0 Å². The van der Waals surface area contributed by atoms with Crippen molar-refractivity contribution in [1.29, 1.82) is 0 Å². The number of benzene rings is 1. The number of rotatable bonds is 7. The van der Waals surface area contributed by atoms with Gasteiger partial charge in [-0.15, -0.1) is 0 Å². The van der Waals surface area contributed by atoms with E-state index < -0.39 is 0 Å². The lowest BCUT2D eigenvalue weighted by Gasteiger charge is -2.25. The fourth-order valence-corrected chi connectivity index (χ4v) is 2.32. The Morgan fingerprint density at radius 1 is 1.42 bits per heavy atom. The molecule has 1 aromatic carbocycles. The van der Waals surface area contributed by atoms with E-state index in [9.17, 15) is 4.79 Å². The number of anilines is 1. The fraction of sp³-hybridized carbons (Fsp3) is 0.385. The highest BCUT2D eigenvalue weighted by Crippen LogP contribution is 2.25. The molecule has 0 aliphatic heterocycles. The number of nitrogens with two attached hydrogens (primary N) is 2.